The molecule has 2 aromatic rings. The molecule has 28 heavy (non-hydrogen) atoms. The van der Waals surface area contributed by atoms with Crippen LogP contribution in [0.2, 0.25) is 0 Å². The van der Waals surface area contributed by atoms with Gasteiger partial charge >= 0.3 is 6.03 Å². The monoisotopic (exact) mass is 442 g/mol. The maximum absolute atomic E-state index is 13.0. The number of aryl methyl sites for hydroxylation is 1. The Morgan fingerprint density at radius 1 is 1.11 bits per heavy atom. The normalized spacial score (nSPS) is 16.0. The van der Waals surface area contributed by atoms with Crippen LogP contribution in [-0.4, -0.2) is 23.9 Å². The molecular weight excluding hydrogens is 424 g/mol. The van der Waals surface area contributed by atoms with Gasteiger partial charge < -0.3 is 4.74 Å². The molecule has 1 aliphatic rings. The molecule has 1 fully saturated rings. The van der Waals surface area contributed by atoms with Crippen molar-refractivity contribution in [3.05, 3.63) is 63.6 Å². The third-order valence-corrected chi connectivity index (χ3v) is 4.58. The molecule has 0 saturated carbocycles. The summed E-state index contributed by atoms with van der Waals surface area (Å²) in [5, 5.41) is 2.24. The Bertz CT molecular complexity index is 998. The number of imide groups is 2. The first-order valence-electron chi connectivity index (χ1n) is 8.71. The predicted molar refractivity (Wildman–Crippen MR) is 110 cm³/mol. The molecule has 0 bridgehead atoms. The van der Waals surface area contributed by atoms with Crippen molar-refractivity contribution in [1.82, 2.24) is 5.32 Å². The van der Waals surface area contributed by atoms with Gasteiger partial charge in [-0.05, 0) is 56.7 Å². The van der Waals surface area contributed by atoms with Gasteiger partial charge in [-0.15, -0.1) is 0 Å². The Kier molecular flexibility index (Phi) is 5.65. The first-order valence-corrected chi connectivity index (χ1v) is 9.50. The number of carbonyl (C=O) groups is 3. The van der Waals surface area contributed by atoms with Crippen LogP contribution in [0.25, 0.3) is 6.08 Å². The van der Waals surface area contributed by atoms with Gasteiger partial charge in [0.1, 0.15) is 11.3 Å². The molecule has 1 heterocycles. The number of nitrogens with one attached hydrogen (secondary N) is 1. The highest BCUT2D eigenvalue weighted by Crippen LogP contribution is 2.29. The van der Waals surface area contributed by atoms with Crippen LogP contribution >= 0.6 is 15.9 Å². The van der Waals surface area contributed by atoms with E-state index in [0.29, 0.717) is 17.0 Å². The lowest BCUT2D eigenvalue weighted by Gasteiger charge is -2.27. The summed E-state index contributed by atoms with van der Waals surface area (Å²) in [4.78, 5) is 38.8. The van der Waals surface area contributed by atoms with Crippen molar-refractivity contribution in [1.29, 1.82) is 0 Å². The second-order valence-corrected chi connectivity index (χ2v) is 7.51. The van der Waals surface area contributed by atoms with Crippen LogP contribution in [0, 0.1) is 6.92 Å². The Morgan fingerprint density at radius 2 is 1.82 bits per heavy atom. The zero-order valence-electron chi connectivity index (χ0n) is 15.7. The van der Waals surface area contributed by atoms with Gasteiger partial charge in [-0.25, -0.2) is 9.69 Å². The molecule has 2 aromatic carbocycles. The fourth-order valence-electron chi connectivity index (χ4n) is 2.86. The quantitative estimate of drug-likeness (QED) is 0.568. The zero-order chi connectivity index (χ0) is 20.4. The third kappa shape index (κ3) is 3.99. The van der Waals surface area contributed by atoms with E-state index in [-0.39, 0.29) is 11.7 Å². The Balaban J connectivity index is 2.05. The van der Waals surface area contributed by atoms with Crippen LogP contribution in [-0.2, 0) is 9.59 Å². The van der Waals surface area contributed by atoms with Crippen LogP contribution in [0.3, 0.4) is 0 Å². The summed E-state index contributed by atoms with van der Waals surface area (Å²) < 4.78 is 6.57. The Labute approximate surface area is 171 Å². The van der Waals surface area contributed by atoms with E-state index >= 15 is 0 Å². The minimum Gasteiger partial charge on any atom is -0.490 e. The van der Waals surface area contributed by atoms with Gasteiger partial charge in [0.05, 0.1) is 11.8 Å². The summed E-state index contributed by atoms with van der Waals surface area (Å²) >= 11 is 3.36. The average Bonchev–Trinajstić information content (AvgIpc) is 2.61. The van der Waals surface area contributed by atoms with E-state index in [1.54, 1.807) is 43.3 Å². The molecule has 0 aromatic heterocycles. The number of urea groups is 1. The van der Waals surface area contributed by atoms with Gasteiger partial charge in [0.25, 0.3) is 11.8 Å². The topological polar surface area (TPSA) is 75.7 Å². The molecule has 4 amide bonds. The molecule has 1 saturated heterocycles. The first kappa shape index (κ1) is 19.8. The van der Waals surface area contributed by atoms with Crippen molar-refractivity contribution in [2.75, 3.05) is 4.90 Å². The fourth-order valence-corrected chi connectivity index (χ4v) is 3.34. The lowest BCUT2D eigenvalue weighted by molar-refractivity contribution is -0.122. The van der Waals surface area contributed by atoms with Crippen LogP contribution in [0.4, 0.5) is 10.5 Å². The van der Waals surface area contributed by atoms with Crippen molar-refractivity contribution < 1.29 is 19.1 Å². The van der Waals surface area contributed by atoms with E-state index in [1.807, 2.05) is 19.9 Å². The Morgan fingerprint density at radius 3 is 2.50 bits per heavy atom. The summed E-state index contributed by atoms with van der Waals surface area (Å²) in [5.41, 5.74) is 1.57. The summed E-state index contributed by atoms with van der Waals surface area (Å²) in [6, 6.07) is 11.5. The first-order chi connectivity index (χ1) is 13.3. The van der Waals surface area contributed by atoms with E-state index in [0.717, 1.165) is 14.9 Å². The molecule has 144 valence electrons. The van der Waals surface area contributed by atoms with Gasteiger partial charge in [-0.3, -0.25) is 14.9 Å². The highest BCUT2D eigenvalue weighted by atomic mass is 79.9. The molecule has 1 aliphatic heterocycles. The van der Waals surface area contributed by atoms with E-state index < -0.39 is 17.8 Å². The molecule has 0 unspecified atom stereocenters. The molecule has 0 aliphatic carbocycles. The van der Waals surface area contributed by atoms with E-state index in [2.05, 4.69) is 21.2 Å². The third-order valence-electron chi connectivity index (χ3n) is 4.08. The minimum absolute atomic E-state index is 0.0704. The van der Waals surface area contributed by atoms with Crippen molar-refractivity contribution in [3.8, 4) is 5.75 Å². The lowest BCUT2D eigenvalue weighted by Crippen LogP contribution is -2.54. The van der Waals surface area contributed by atoms with Gasteiger partial charge in [-0.2, -0.15) is 0 Å². The summed E-state index contributed by atoms with van der Waals surface area (Å²) in [7, 11) is 0. The number of benzene rings is 2. The molecule has 0 spiro atoms. The molecule has 1 N–H and O–H groups in total. The number of hydrogen-bond donors (Lipinski definition) is 1. The van der Waals surface area contributed by atoms with Gasteiger partial charge in [0.2, 0.25) is 0 Å². The lowest BCUT2D eigenvalue weighted by atomic mass is 10.0. The number of carbonyl (C=O) groups excluding carboxylic acids is 3. The number of ether oxygens (including phenoxy) is 1. The number of halogens is 1. The summed E-state index contributed by atoms with van der Waals surface area (Å²) in [5.74, 6) is -0.868. The van der Waals surface area contributed by atoms with Crippen LogP contribution < -0.4 is 15.0 Å². The molecular formula is C21H19BrN2O4. The second kappa shape index (κ2) is 7.98. The minimum atomic E-state index is -0.774. The molecule has 0 atom stereocenters. The molecule has 6 nitrogen and oxygen atoms in total. The average molecular weight is 443 g/mol. The molecule has 3 rings (SSSR count). The number of amides is 4. The SMILES string of the molecule is Cc1cc(Br)ccc1N1C(=O)NC(=O)/C(=C/c2ccccc2OC(C)C)C1=O. The van der Waals surface area contributed by atoms with Crippen molar-refractivity contribution in [2.45, 2.75) is 26.9 Å². The van der Waals surface area contributed by atoms with E-state index in [1.165, 1.54) is 6.08 Å². The largest absolute Gasteiger partial charge is 0.490 e. The molecule has 0 radical (unpaired) electrons. The highest BCUT2D eigenvalue weighted by molar-refractivity contribution is 9.10. The number of barbiturate groups is 1. The van der Waals surface area contributed by atoms with Crippen LogP contribution in [0.15, 0.2) is 52.5 Å². The summed E-state index contributed by atoms with van der Waals surface area (Å²) in [6.07, 6.45) is 1.38. The smallest absolute Gasteiger partial charge is 0.335 e. The van der Waals surface area contributed by atoms with Crippen LogP contribution in [0.5, 0.6) is 5.75 Å². The van der Waals surface area contributed by atoms with Crippen molar-refractivity contribution in [3.63, 3.8) is 0 Å². The number of nitrogens with zero attached hydrogens (tertiary/aromatic N) is 1. The number of rotatable bonds is 4. The van der Waals surface area contributed by atoms with Crippen LogP contribution in [0.1, 0.15) is 25.0 Å². The number of para-hydroxylation sites is 1. The fraction of sp³-hybridized carbons (Fsp3) is 0.190. The van der Waals surface area contributed by atoms with Crippen molar-refractivity contribution in [2.24, 2.45) is 0 Å². The van der Waals surface area contributed by atoms with Crippen molar-refractivity contribution >= 4 is 45.5 Å². The molecule has 7 heteroatoms. The number of anilines is 1. The summed E-state index contributed by atoms with van der Waals surface area (Å²) in [6.45, 7) is 5.56. The van der Waals surface area contributed by atoms with Gasteiger partial charge in [-0.1, -0.05) is 34.1 Å². The van der Waals surface area contributed by atoms with E-state index in [4.69, 9.17) is 4.74 Å². The highest BCUT2D eigenvalue weighted by Gasteiger charge is 2.37. The maximum atomic E-state index is 13.0. The number of hydrogen-bond acceptors (Lipinski definition) is 4. The standard InChI is InChI=1S/C21H19BrN2O4/c1-12(2)28-18-7-5-4-6-14(18)11-16-19(25)23-21(27)24(20(16)26)17-9-8-15(22)10-13(17)3/h4-12H,1-3H3,(H,23,25,27)/b16-11-. The second-order valence-electron chi connectivity index (χ2n) is 6.59. The van der Waals surface area contributed by atoms with Gasteiger partial charge in [0.15, 0.2) is 0 Å². The Hall–Kier alpha value is -2.93. The van der Waals surface area contributed by atoms with E-state index in [9.17, 15) is 14.4 Å². The predicted octanol–water partition coefficient (Wildman–Crippen LogP) is 4.21. The van der Waals surface area contributed by atoms with Gasteiger partial charge in [0, 0.05) is 10.0 Å². The zero-order valence-corrected chi connectivity index (χ0v) is 17.2. The maximum Gasteiger partial charge on any atom is 0.335 e.